The van der Waals surface area contributed by atoms with Gasteiger partial charge >= 0.3 is 0 Å². The van der Waals surface area contributed by atoms with Crippen LogP contribution in [0.3, 0.4) is 0 Å². The molecule has 1 heterocycles. The molecular weight excluding hydrogens is 336 g/mol. The summed E-state index contributed by atoms with van der Waals surface area (Å²) in [7, 11) is 0. The van der Waals surface area contributed by atoms with E-state index < -0.39 is 0 Å². The number of nitrogens with zero attached hydrogens (tertiary/aromatic N) is 1. The number of para-hydroxylation sites is 1. The van der Waals surface area contributed by atoms with Gasteiger partial charge in [-0.1, -0.05) is 45.4 Å². The van der Waals surface area contributed by atoms with Crippen molar-refractivity contribution in [3.63, 3.8) is 0 Å². The average Bonchev–Trinajstić information content (AvgIpc) is 2.67. The van der Waals surface area contributed by atoms with E-state index in [-0.39, 0.29) is 6.10 Å². The molecule has 1 aliphatic heterocycles. The van der Waals surface area contributed by atoms with E-state index in [0.717, 1.165) is 45.1 Å². The van der Waals surface area contributed by atoms with Crippen LogP contribution < -0.4 is 9.80 Å². The average molecular weight is 376 g/mol. The fraction of sp³-hybridized carbons (Fsp3) is 0.739. The van der Waals surface area contributed by atoms with E-state index in [2.05, 4.69) is 56.0 Å². The summed E-state index contributed by atoms with van der Waals surface area (Å²) in [5, 5.41) is 10.5. The number of hydrogen-bond donors (Lipinski definition) is 2. The molecule has 1 aromatic carbocycles. The number of benzene rings is 1. The summed E-state index contributed by atoms with van der Waals surface area (Å²) in [6.45, 7) is 12.5. The molecule has 0 bridgehead atoms. The first-order valence-corrected chi connectivity index (χ1v) is 11.0. The Hall–Kier alpha value is -1.10. The third kappa shape index (κ3) is 5.94. The minimum absolute atomic E-state index is 0.327. The smallest absolute Gasteiger partial charge is 0.126 e. The maximum atomic E-state index is 10.5. The lowest BCUT2D eigenvalue weighted by Crippen LogP contribution is -3.16. The van der Waals surface area contributed by atoms with E-state index in [0.29, 0.717) is 24.5 Å². The van der Waals surface area contributed by atoms with Gasteiger partial charge in [-0.15, -0.1) is 0 Å². The van der Waals surface area contributed by atoms with E-state index in [4.69, 9.17) is 4.74 Å². The van der Waals surface area contributed by atoms with Crippen molar-refractivity contribution in [3.8, 4) is 0 Å². The molecule has 1 aromatic rings. The Kier molecular flexibility index (Phi) is 7.57. The topological polar surface area (TPSA) is 37.1 Å². The highest BCUT2D eigenvalue weighted by Crippen LogP contribution is 2.35. The predicted molar refractivity (Wildman–Crippen MR) is 111 cm³/mol. The van der Waals surface area contributed by atoms with Gasteiger partial charge in [0.25, 0.3) is 0 Å². The summed E-state index contributed by atoms with van der Waals surface area (Å²) in [4.78, 5) is 3.94. The van der Waals surface area contributed by atoms with Gasteiger partial charge in [-0.05, 0) is 42.7 Å². The van der Waals surface area contributed by atoms with Crippen LogP contribution in [0.2, 0.25) is 0 Å². The van der Waals surface area contributed by atoms with Crippen molar-refractivity contribution in [1.29, 1.82) is 0 Å². The van der Waals surface area contributed by atoms with Gasteiger partial charge in [-0.2, -0.15) is 0 Å². The maximum Gasteiger partial charge on any atom is 0.126 e. The zero-order valence-corrected chi connectivity index (χ0v) is 17.4. The van der Waals surface area contributed by atoms with Crippen LogP contribution in [0, 0.1) is 17.8 Å². The summed E-state index contributed by atoms with van der Waals surface area (Å²) in [6, 6.07) is 10.6. The summed E-state index contributed by atoms with van der Waals surface area (Å²) in [5.74, 6) is 2.06. The Morgan fingerprint density at radius 2 is 1.85 bits per heavy atom. The molecule has 1 saturated carbocycles. The summed E-state index contributed by atoms with van der Waals surface area (Å²) < 4.78 is 6.25. The molecule has 0 radical (unpaired) electrons. The number of quaternary nitrogens is 1. The maximum absolute atomic E-state index is 10.5. The van der Waals surface area contributed by atoms with Crippen molar-refractivity contribution < 1.29 is 14.7 Å². The van der Waals surface area contributed by atoms with Gasteiger partial charge in [0.15, 0.2) is 0 Å². The van der Waals surface area contributed by atoms with Crippen molar-refractivity contribution in [2.45, 2.75) is 52.2 Å². The lowest BCUT2D eigenvalue weighted by atomic mass is 9.75. The molecule has 0 spiro atoms. The molecule has 4 heteroatoms. The second-order valence-corrected chi connectivity index (χ2v) is 9.13. The van der Waals surface area contributed by atoms with Gasteiger partial charge in [-0.3, -0.25) is 0 Å². The standard InChI is InChI=1S/C23H38N2O2/c1-18(2)22-10-9-19(3)15-23(22)27-17-21(26)16-24-11-13-25(14-12-24)20-7-5-4-6-8-20/h4-8,18-19,21-23,26H,9-17H2,1-3H3/p+1/t19-,21-,22-,23-/m1/s1. The zero-order valence-electron chi connectivity index (χ0n) is 17.4. The van der Waals surface area contributed by atoms with Crippen LogP contribution in [0.5, 0.6) is 0 Å². The molecule has 0 unspecified atom stereocenters. The molecule has 1 saturated heterocycles. The Balaban J connectivity index is 1.40. The number of nitrogens with one attached hydrogen (secondary N) is 1. The number of aliphatic hydroxyl groups is 1. The molecule has 1 aliphatic carbocycles. The minimum atomic E-state index is -0.353. The lowest BCUT2D eigenvalue weighted by molar-refractivity contribution is -0.903. The summed E-state index contributed by atoms with van der Waals surface area (Å²) in [6.07, 6.45) is 3.72. The lowest BCUT2D eigenvalue weighted by Gasteiger charge is -2.38. The molecule has 152 valence electrons. The molecule has 3 rings (SSSR count). The predicted octanol–water partition coefficient (Wildman–Crippen LogP) is 2.23. The quantitative estimate of drug-likeness (QED) is 0.767. The van der Waals surface area contributed by atoms with Crippen LogP contribution in [-0.4, -0.2) is 56.6 Å². The highest BCUT2D eigenvalue weighted by Gasteiger charge is 2.32. The van der Waals surface area contributed by atoms with Gasteiger partial charge in [-0.25, -0.2) is 0 Å². The van der Waals surface area contributed by atoms with Crippen LogP contribution in [-0.2, 0) is 4.74 Å². The Morgan fingerprint density at radius 1 is 1.15 bits per heavy atom. The molecule has 27 heavy (non-hydrogen) atoms. The molecular formula is C23H39N2O2+. The number of anilines is 1. The fourth-order valence-corrected chi connectivity index (χ4v) is 4.86. The van der Waals surface area contributed by atoms with Gasteiger partial charge in [0.1, 0.15) is 12.6 Å². The number of piperazine rings is 1. The van der Waals surface area contributed by atoms with Crippen molar-refractivity contribution in [2.24, 2.45) is 17.8 Å². The third-order valence-corrected chi connectivity index (χ3v) is 6.58. The number of aliphatic hydroxyl groups excluding tert-OH is 1. The van der Waals surface area contributed by atoms with E-state index in [1.54, 1.807) is 0 Å². The Labute approximate surface area is 165 Å². The number of hydrogen-bond acceptors (Lipinski definition) is 3. The summed E-state index contributed by atoms with van der Waals surface area (Å²) in [5.41, 5.74) is 1.31. The Bertz CT molecular complexity index is 543. The number of ether oxygens (including phenoxy) is 1. The normalized spacial score (nSPS) is 28.5. The largest absolute Gasteiger partial charge is 0.385 e. The molecule has 4 atom stereocenters. The van der Waals surface area contributed by atoms with E-state index in [1.807, 2.05) is 0 Å². The van der Waals surface area contributed by atoms with Gasteiger partial charge in [0, 0.05) is 5.69 Å². The molecule has 2 aliphatic rings. The number of rotatable bonds is 7. The highest BCUT2D eigenvalue weighted by molar-refractivity contribution is 5.45. The second-order valence-electron chi connectivity index (χ2n) is 9.13. The van der Waals surface area contributed by atoms with Gasteiger partial charge in [0.2, 0.25) is 0 Å². The molecule has 0 amide bonds. The van der Waals surface area contributed by atoms with Crippen LogP contribution in [0.15, 0.2) is 30.3 Å². The van der Waals surface area contributed by atoms with Crippen LogP contribution in [0.25, 0.3) is 0 Å². The van der Waals surface area contributed by atoms with Gasteiger partial charge < -0.3 is 19.6 Å². The van der Waals surface area contributed by atoms with Crippen LogP contribution in [0.1, 0.15) is 40.0 Å². The van der Waals surface area contributed by atoms with E-state index in [1.165, 1.54) is 23.4 Å². The first-order valence-electron chi connectivity index (χ1n) is 11.0. The third-order valence-electron chi connectivity index (χ3n) is 6.58. The first-order chi connectivity index (χ1) is 13.0. The summed E-state index contributed by atoms with van der Waals surface area (Å²) >= 11 is 0. The van der Waals surface area contributed by atoms with Crippen molar-refractivity contribution in [3.05, 3.63) is 30.3 Å². The van der Waals surface area contributed by atoms with Crippen molar-refractivity contribution in [2.75, 3.05) is 44.2 Å². The monoisotopic (exact) mass is 375 g/mol. The first kappa shape index (κ1) is 20.6. The van der Waals surface area contributed by atoms with Gasteiger partial charge in [0.05, 0.1) is 38.9 Å². The second kappa shape index (κ2) is 9.90. The SMILES string of the molecule is CC(C)[C@H]1CC[C@@H](C)C[C@H]1OC[C@H](O)C[NH+]1CCN(c2ccccc2)CC1. The van der Waals surface area contributed by atoms with Crippen LogP contribution >= 0.6 is 0 Å². The minimum Gasteiger partial charge on any atom is -0.385 e. The molecule has 0 aromatic heterocycles. The van der Waals surface area contributed by atoms with E-state index >= 15 is 0 Å². The van der Waals surface area contributed by atoms with Crippen molar-refractivity contribution >= 4 is 5.69 Å². The Morgan fingerprint density at radius 3 is 2.52 bits per heavy atom. The molecule has 2 N–H and O–H groups in total. The zero-order chi connectivity index (χ0) is 19.2. The highest BCUT2D eigenvalue weighted by atomic mass is 16.5. The molecule has 2 fully saturated rings. The van der Waals surface area contributed by atoms with Crippen LogP contribution in [0.4, 0.5) is 5.69 Å². The van der Waals surface area contributed by atoms with Crippen molar-refractivity contribution in [1.82, 2.24) is 0 Å². The van der Waals surface area contributed by atoms with E-state index in [9.17, 15) is 5.11 Å². The fourth-order valence-electron chi connectivity index (χ4n) is 4.86. The molecule has 4 nitrogen and oxygen atoms in total.